The average molecular weight is 249 g/mol. The van der Waals surface area contributed by atoms with Gasteiger partial charge in [0.25, 0.3) is 5.91 Å². The summed E-state index contributed by atoms with van der Waals surface area (Å²) in [6.07, 6.45) is 3.50. The van der Waals surface area contributed by atoms with Crippen LogP contribution < -0.4 is 10.6 Å². The summed E-state index contributed by atoms with van der Waals surface area (Å²) in [5.74, 6) is -0.107. The van der Waals surface area contributed by atoms with Crippen molar-refractivity contribution in [2.45, 2.75) is 46.1 Å². The molecule has 0 radical (unpaired) electrons. The lowest BCUT2D eigenvalue weighted by molar-refractivity contribution is 0.0896. The zero-order chi connectivity index (χ0) is 13.6. The molecule has 0 aromatic carbocycles. The minimum absolute atomic E-state index is 0.107. The lowest BCUT2D eigenvalue weighted by Crippen LogP contribution is -2.45. The highest BCUT2D eigenvalue weighted by molar-refractivity contribution is 5.92. The van der Waals surface area contributed by atoms with Crippen LogP contribution in [0.5, 0.6) is 0 Å². The standard InChI is InChI=1S/C14H23N3O/c1-5-14(4,6-2)17-13(18)12-9-8-11(10-16-12)15-7-3/h8-10,15H,5-7H2,1-4H3,(H,17,18). The molecule has 18 heavy (non-hydrogen) atoms. The second-order valence-electron chi connectivity index (χ2n) is 4.68. The Labute approximate surface area is 109 Å². The predicted molar refractivity (Wildman–Crippen MR) is 74.9 cm³/mol. The summed E-state index contributed by atoms with van der Waals surface area (Å²) in [5, 5.41) is 6.19. The Morgan fingerprint density at radius 3 is 2.39 bits per heavy atom. The molecule has 4 heteroatoms. The number of pyridine rings is 1. The minimum Gasteiger partial charge on any atom is -0.384 e. The molecule has 0 unspecified atom stereocenters. The monoisotopic (exact) mass is 249 g/mol. The van der Waals surface area contributed by atoms with Crippen LogP contribution in [0.15, 0.2) is 18.3 Å². The van der Waals surface area contributed by atoms with Crippen LogP contribution in [0.25, 0.3) is 0 Å². The summed E-state index contributed by atoms with van der Waals surface area (Å²) < 4.78 is 0. The van der Waals surface area contributed by atoms with Gasteiger partial charge in [0.2, 0.25) is 0 Å². The Bertz CT molecular complexity index is 383. The average Bonchev–Trinajstić information content (AvgIpc) is 2.39. The van der Waals surface area contributed by atoms with Crippen molar-refractivity contribution in [1.82, 2.24) is 10.3 Å². The maximum Gasteiger partial charge on any atom is 0.270 e. The molecule has 2 N–H and O–H groups in total. The van der Waals surface area contributed by atoms with Crippen LogP contribution in [0.4, 0.5) is 5.69 Å². The number of hydrogen-bond donors (Lipinski definition) is 2. The zero-order valence-corrected chi connectivity index (χ0v) is 11.7. The summed E-state index contributed by atoms with van der Waals surface area (Å²) in [5.41, 5.74) is 1.24. The first-order chi connectivity index (χ1) is 8.54. The van der Waals surface area contributed by atoms with Gasteiger partial charge >= 0.3 is 0 Å². The Hall–Kier alpha value is -1.58. The van der Waals surface area contributed by atoms with Crippen LogP contribution in [-0.4, -0.2) is 23.0 Å². The summed E-state index contributed by atoms with van der Waals surface area (Å²) in [4.78, 5) is 16.2. The van der Waals surface area contributed by atoms with Crippen LogP contribution >= 0.6 is 0 Å². The summed E-state index contributed by atoms with van der Waals surface area (Å²) >= 11 is 0. The van der Waals surface area contributed by atoms with Crippen molar-refractivity contribution in [3.05, 3.63) is 24.0 Å². The molecule has 1 amide bonds. The molecule has 0 aliphatic rings. The highest BCUT2D eigenvalue weighted by Gasteiger charge is 2.22. The third-order valence-electron chi connectivity index (χ3n) is 3.35. The van der Waals surface area contributed by atoms with Crippen molar-refractivity contribution >= 4 is 11.6 Å². The molecule has 1 rings (SSSR count). The van der Waals surface area contributed by atoms with Gasteiger partial charge in [-0.05, 0) is 38.8 Å². The summed E-state index contributed by atoms with van der Waals surface area (Å²) in [6, 6.07) is 3.62. The van der Waals surface area contributed by atoms with Gasteiger partial charge in [-0.1, -0.05) is 13.8 Å². The van der Waals surface area contributed by atoms with Crippen molar-refractivity contribution < 1.29 is 4.79 Å². The molecule has 0 aliphatic carbocycles. The number of carbonyl (C=O) groups excluding carboxylic acids is 1. The van der Waals surface area contributed by atoms with Gasteiger partial charge in [-0.2, -0.15) is 0 Å². The van der Waals surface area contributed by atoms with Crippen molar-refractivity contribution in [1.29, 1.82) is 0 Å². The number of amides is 1. The van der Waals surface area contributed by atoms with E-state index in [1.165, 1.54) is 0 Å². The van der Waals surface area contributed by atoms with Gasteiger partial charge in [-0.3, -0.25) is 4.79 Å². The Morgan fingerprint density at radius 2 is 1.94 bits per heavy atom. The van der Waals surface area contributed by atoms with Gasteiger partial charge in [0.15, 0.2) is 0 Å². The number of rotatable bonds is 6. The first-order valence-electron chi connectivity index (χ1n) is 6.57. The van der Waals surface area contributed by atoms with Crippen molar-refractivity contribution in [2.75, 3.05) is 11.9 Å². The van der Waals surface area contributed by atoms with Crippen molar-refractivity contribution in [3.63, 3.8) is 0 Å². The molecule has 0 atom stereocenters. The fourth-order valence-corrected chi connectivity index (χ4v) is 1.60. The second kappa shape index (κ2) is 6.38. The molecule has 0 aliphatic heterocycles. The molecule has 0 saturated heterocycles. The maximum absolute atomic E-state index is 12.1. The molecule has 1 aromatic heterocycles. The molecule has 1 aromatic rings. The number of carbonyl (C=O) groups is 1. The number of nitrogens with zero attached hydrogens (tertiary/aromatic N) is 1. The van der Waals surface area contributed by atoms with E-state index in [0.29, 0.717) is 5.69 Å². The van der Waals surface area contributed by atoms with Crippen LogP contribution in [-0.2, 0) is 0 Å². The number of nitrogens with one attached hydrogen (secondary N) is 2. The number of aromatic nitrogens is 1. The molecule has 4 nitrogen and oxygen atoms in total. The molecule has 1 heterocycles. The first kappa shape index (κ1) is 14.5. The fraction of sp³-hybridized carbons (Fsp3) is 0.571. The quantitative estimate of drug-likeness (QED) is 0.815. The van der Waals surface area contributed by atoms with Crippen molar-refractivity contribution in [3.8, 4) is 0 Å². The molecule has 0 saturated carbocycles. The van der Waals surface area contributed by atoms with Gasteiger partial charge in [-0.15, -0.1) is 0 Å². The minimum atomic E-state index is -0.154. The second-order valence-corrected chi connectivity index (χ2v) is 4.68. The normalized spacial score (nSPS) is 11.1. The predicted octanol–water partition coefficient (Wildman–Crippen LogP) is 2.82. The van der Waals surface area contributed by atoms with Gasteiger partial charge in [-0.25, -0.2) is 4.98 Å². The van der Waals surface area contributed by atoms with E-state index in [4.69, 9.17) is 0 Å². The SMILES string of the molecule is CCNc1ccc(C(=O)NC(C)(CC)CC)nc1. The Balaban J connectivity index is 2.72. The first-order valence-corrected chi connectivity index (χ1v) is 6.57. The molecule has 0 bridgehead atoms. The van der Waals surface area contributed by atoms with E-state index in [2.05, 4.69) is 36.4 Å². The van der Waals surface area contributed by atoms with Crippen molar-refractivity contribution in [2.24, 2.45) is 0 Å². The number of anilines is 1. The summed E-state index contributed by atoms with van der Waals surface area (Å²) in [6.45, 7) is 9.07. The van der Waals surface area contributed by atoms with Crippen LogP contribution in [0.3, 0.4) is 0 Å². The molecular formula is C14H23N3O. The highest BCUT2D eigenvalue weighted by Crippen LogP contribution is 2.14. The third kappa shape index (κ3) is 3.72. The number of hydrogen-bond acceptors (Lipinski definition) is 3. The van der Waals surface area contributed by atoms with Crippen LogP contribution in [0, 0.1) is 0 Å². The maximum atomic E-state index is 12.1. The van der Waals surface area contributed by atoms with E-state index in [0.717, 1.165) is 25.1 Å². The van der Waals surface area contributed by atoms with Gasteiger partial charge in [0, 0.05) is 12.1 Å². The van der Waals surface area contributed by atoms with E-state index in [-0.39, 0.29) is 11.4 Å². The highest BCUT2D eigenvalue weighted by atomic mass is 16.2. The Morgan fingerprint density at radius 1 is 1.28 bits per heavy atom. The summed E-state index contributed by atoms with van der Waals surface area (Å²) in [7, 11) is 0. The largest absolute Gasteiger partial charge is 0.384 e. The molecular weight excluding hydrogens is 226 g/mol. The van der Waals surface area contributed by atoms with E-state index < -0.39 is 0 Å². The fourth-order valence-electron chi connectivity index (χ4n) is 1.60. The zero-order valence-electron chi connectivity index (χ0n) is 11.7. The third-order valence-corrected chi connectivity index (χ3v) is 3.35. The lowest BCUT2D eigenvalue weighted by atomic mass is 9.95. The van der Waals surface area contributed by atoms with Crippen LogP contribution in [0.2, 0.25) is 0 Å². The topological polar surface area (TPSA) is 54.0 Å². The van der Waals surface area contributed by atoms with Gasteiger partial charge in [0.05, 0.1) is 11.9 Å². The van der Waals surface area contributed by atoms with Gasteiger partial charge in [0.1, 0.15) is 5.69 Å². The lowest BCUT2D eigenvalue weighted by Gasteiger charge is -2.28. The molecule has 0 spiro atoms. The van der Waals surface area contributed by atoms with Crippen LogP contribution in [0.1, 0.15) is 51.0 Å². The smallest absolute Gasteiger partial charge is 0.270 e. The molecule has 0 fully saturated rings. The van der Waals surface area contributed by atoms with E-state index >= 15 is 0 Å². The van der Waals surface area contributed by atoms with E-state index in [9.17, 15) is 4.79 Å². The van der Waals surface area contributed by atoms with E-state index in [1.54, 1.807) is 12.3 Å². The molecule has 100 valence electrons. The Kier molecular flexibility index (Phi) is 5.13. The van der Waals surface area contributed by atoms with Gasteiger partial charge < -0.3 is 10.6 Å². The van der Waals surface area contributed by atoms with E-state index in [1.807, 2.05) is 13.0 Å².